The van der Waals surface area contributed by atoms with Crippen LogP contribution >= 0.6 is 15.9 Å². The molecule has 2 rings (SSSR count). The molecule has 0 atom stereocenters. The highest BCUT2D eigenvalue weighted by Crippen LogP contribution is 2.32. The Hall–Kier alpha value is -1.01. The highest BCUT2D eigenvalue weighted by Gasteiger charge is 2.19. The minimum Gasteiger partial charge on any atom is -0.491 e. The Kier molecular flexibility index (Phi) is 3.27. The van der Waals surface area contributed by atoms with Crippen LogP contribution in [0.15, 0.2) is 22.7 Å². The van der Waals surface area contributed by atoms with Crippen molar-refractivity contribution in [1.29, 1.82) is 5.26 Å². The van der Waals surface area contributed by atoms with Crippen molar-refractivity contribution in [2.45, 2.75) is 19.3 Å². The van der Waals surface area contributed by atoms with E-state index in [0.29, 0.717) is 17.2 Å². The Morgan fingerprint density at radius 1 is 1.47 bits per heavy atom. The van der Waals surface area contributed by atoms with E-state index in [0.717, 1.165) is 11.1 Å². The van der Waals surface area contributed by atoms with E-state index in [1.54, 1.807) is 6.07 Å². The molecule has 78 valence electrons. The molecule has 0 bridgehead atoms. The van der Waals surface area contributed by atoms with Crippen LogP contribution in [0.5, 0.6) is 5.75 Å². The van der Waals surface area contributed by atoms with Crippen molar-refractivity contribution in [2.24, 2.45) is 5.92 Å². The third-order valence-corrected chi connectivity index (χ3v) is 3.40. The fraction of sp³-hybridized carbons (Fsp3) is 0.417. The Labute approximate surface area is 98.0 Å². The molecule has 3 heteroatoms. The Bertz CT molecular complexity index is 393. The van der Waals surface area contributed by atoms with Gasteiger partial charge in [-0.3, -0.25) is 0 Å². The van der Waals surface area contributed by atoms with Crippen LogP contribution in [-0.2, 0) is 0 Å². The molecule has 0 heterocycles. The maximum absolute atomic E-state index is 8.93. The largest absolute Gasteiger partial charge is 0.491 e. The van der Waals surface area contributed by atoms with Gasteiger partial charge in [-0.15, -0.1) is 0 Å². The van der Waals surface area contributed by atoms with Gasteiger partial charge in [0.15, 0.2) is 5.75 Å². The first-order valence-corrected chi connectivity index (χ1v) is 5.92. The molecule has 1 fully saturated rings. The number of para-hydroxylation sites is 1. The van der Waals surface area contributed by atoms with E-state index >= 15 is 0 Å². The summed E-state index contributed by atoms with van der Waals surface area (Å²) in [5, 5.41) is 8.93. The van der Waals surface area contributed by atoms with Gasteiger partial charge in [0, 0.05) is 0 Å². The second kappa shape index (κ2) is 4.67. The van der Waals surface area contributed by atoms with Gasteiger partial charge in [0.2, 0.25) is 0 Å². The number of hydrogen-bond donors (Lipinski definition) is 0. The molecule has 0 unspecified atom stereocenters. The topological polar surface area (TPSA) is 33.0 Å². The van der Waals surface area contributed by atoms with Crippen LogP contribution in [0.4, 0.5) is 0 Å². The van der Waals surface area contributed by atoms with Crippen molar-refractivity contribution in [2.75, 3.05) is 6.61 Å². The summed E-state index contributed by atoms with van der Waals surface area (Å²) in [6, 6.07) is 7.67. The zero-order valence-corrected chi connectivity index (χ0v) is 9.96. The second-order valence-electron chi connectivity index (χ2n) is 3.84. The predicted molar refractivity (Wildman–Crippen MR) is 61.7 cm³/mol. The summed E-state index contributed by atoms with van der Waals surface area (Å²) in [5.74, 6) is 1.37. The fourth-order valence-corrected chi connectivity index (χ4v) is 2.08. The van der Waals surface area contributed by atoms with Gasteiger partial charge in [-0.2, -0.15) is 5.26 Å². The number of benzene rings is 1. The highest BCUT2D eigenvalue weighted by molar-refractivity contribution is 9.10. The molecular weight excluding hydrogens is 254 g/mol. The van der Waals surface area contributed by atoms with E-state index in [2.05, 4.69) is 22.0 Å². The minimum atomic E-state index is 0.601. The lowest BCUT2D eigenvalue weighted by molar-refractivity contribution is 0.179. The molecule has 0 amide bonds. The Morgan fingerprint density at radius 2 is 2.27 bits per heavy atom. The van der Waals surface area contributed by atoms with Crippen LogP contribution in [0.3, 0.4) is 0 Å². The zero-order chi connectivity index (χ0) is 10.7. The first-order chi connectivity index (χ1) is 7.31. The lowest BCUT2D eigenvalue weighted by Gasteiger charge is -2.25. The molecule has 1 aliphatic carbocycles. The molecule has 0 aromatic heterocycles. The number of halogens is 1. The van der Waals surface area contributed by atoms with E-state index in [1.807, 2.05) is 12.1 Å². The van der Waals surface area contributed by atoms with Gasteiger partial charge in [0.25, 0.3) is 0 Å². The summed E-state index contributed by atoms with van der Waals surface area (Å²) in [6.07, 6.45) is 3.83. The molecule has 1 aromatic carbocycles. The van der Waals surface area contributed by atoms with Crippen molar-refractivity contribution in [3.8, 4) is 11.8 Å². The van der Waals surface area contributed by atoms with E-state index in [-0.39, 0.29) is 0 Å². The summed E-state index contributed by atoms with van der Waals surface area (Å²) in [6.45, 7) is 0.733. The van der Waals surface area contributed by atoms with Gasteiger partial charge in [0.05, 0.1) is 16.6 Å². The summed E-state index contributed by atoms with van der Waals surface area (Å²) in [4.78, 5) is 0. The molecule has 0 N–H and O–H groups in total. The summed E-state index contributed by atoms with van der Waals surface area (Å²) in [7, 11) is 0. The molecule has 0 aliphatic heterocycles. The first kappa shape index (κ1) is 10.5. The summed E-state index contributed by atoms with van der Waals surface area (Å²) in [5.41, 5.74) is 0.601. The smallest absolute Gasteiger partial charge is 0.151 e. The van der Waals surface area contributed by atoms with Gasteiger partial charge in [0.1, 0.15) is 6.07 Å². The maximum atomic E-state index is 8.93. The van der Waals surface area contributed by atoms with Crippen LogP contribution in [0.2, 0.25) is 0 Å². The average molecular weight is 266 g/mol. The normalized spacial score (nSPS) is 15.5. The third-order valence-electron chi connectivity index (χ3n) is 2.78. The minimum absolute atomic E-state index is 0.601. The van der Waals surface area contributed by atoms with Gasteiger partial charge >= 0.3 is 0 Å². The van der Waals surface area contributed by atoms with Gasteiger partial charge in [-0.25, -0.2) is 0 Å². The summed E-state index contributed by atoms with van der Waals surface area (Å²) < 4.78 is 6.56. The molecule has 1 aromatic rings. The van der Waals surface area contributed by atoms with E-state index in [4.69, 9.17) is 10.00 Å². The van der Waals surface area contributed by atoms with Crippen LogP contribution < -0.4 is 4.74 Å². The molecule has 0 radical (unpaired) electrons. The van der Waals surface area contributed by atoms with E-state index in [9.17, 15) is 0 Å². The van der Waals surface area contributed by atoms with E-state index in [1.165, 1.54) is 19.3 Å². The van der Waals surface area contributed by atoms with Crippen molar-refractivity contribution in [1.82, 2.24) is 0 Å². The lowest BCUT2D eigenvalue weighted by atomic mass is 9.86. The van der Waals surface area contributed by atoms with Gasteiger partial charge < -0.3 is 4.74 Å². The third kappa shape index (κ3) is 2.32. The van der Waals surface area contributed by atoms with Crippen LogP contribution in [0.1, 0.15) is 24.8 Å². The molecule has 0 spiro atoms. The standard InChI is InChI=1S/C12H12BrNO/c13-11-6-2-5-10(7-14)12(11)15-8-9-3-1-4-9/h2,5-6,9H,1,3-4,8H2. The molecule has 1 aliphatic rings. The maximum Gasteiger partial charge on any atom is 0.151 e. The Morgan fingerprint density at radius 3 is 2.87 bits per heavy atom. The lowest BCUT2D eigenvalue weighted by Crippen LogP contribution is -2.19. The highest BCUT2D eigenvalue weighted by atomic mass is 79.9. The molecule has 2 nitrogen and oxygen atoms in total. The predicted octanol–water partition coefficient (Wildman–Crippen LogP) is 3.50. The van der Waals surface area contributed by atoms with Crippen molar-refractivity contribution >= 4 is 15.9 Å². The van der Waals surface area contributed by atoms with Crippen LogP contribution in [-0.4, -0.2) is 6.61 Å². The van der Waals surface area contributed by atoms with Gasteiger partial charge in [-0.1, -0.05) is 12.5 Å². The number of nitrogens with zero attached hydrogens (tertiary/aromatic N) is 1. The van der Waals surface area contributed by atoms with Crippen molar-refractivity contribution < 1.29 is 4.74 Å². The number of rotatable bonds is 3. The molecule has 0 saturated heterocycles. The van der Waals surface area contributed by atoms with Crippen LogP contribution in [0.25, 0.3) is 0 Å². The second-order valence-corrected chi connectivity index (χ2v) is 4.69. The number of nitriles is 1. The monoisotopic (exact) mass is 265 g/mol. The first-order valence-electron chi connectivity index (χ1n) is 5.12. The quantitative estimate of drug-likeness (QED) is 0.838. The fourth-order valence-electron chi connectivity index (χ4n) is 1.60. The van der Waals surface area contributed by atoms with E-state index < -0.39 is 0 Å². The zero-order valence-electron chi connectivity index (χ0n) is 8.37. The molecular formula is C12H12BrNO. The van der Waals surface area contributed by atoms with Crippen molar-refractivity contribution in [3.05, 3.63) is 28.2 Å². The van der Waals surface area contributed by atoms with Gasteiger partial charge in [-0.05, 0) is 46.8 Å². The molecule has 1 saturated carbocycles. The number of ether oxygens (including phenoxy) is 1. The van der Waals surface area contributed by atoms with Crippen molar-refractivity contribution in [3.63, 3.8) is 0 Å². The molecule has 15 heavy (non-hydrogen) atoms. The van der Waals surface area contributed by atoms with Crippen LogP contribution in [0, 0.1) is 17.2 Å². The summed E-state index contributed by atoms with van der Waals surface area (Å²) >= 11 is 3.40. The number of hydrogen-bond acceptors (Lipinski definition) is 2. The SMILES string of the molecule is N#Cc1cccc(Br)c1OCC1CCC1. The average Bonchev–Trinajstić information content (AvgIpc) is 2.17. The Balaban J connectivity index is 2.08.